The molecule has 0 amide bonds. The number of nitrogens with one attached hydrogen (secondary N) is 1. The van der Waals surface area contributed by atoms with Crippen molar-refractivity contribution in [2.45, 2.75) is 19.3 Å². The van der Waals surface area contributed by atoms with Gasteiger partial charge in [0.25, 0.3) is 5.56 Å². The predicted octanol–water partition coefficient (Wildman–Crippen LogP) is 1.29. The Labute approximate surface area is 129 Å². The van der Waals surface area contributed by atoms with Gasteiger partial charge in [0.15, 0.2) is 11.5 Å². The minimum Gasteiger partial charge on any atom is -0.493 e. The van der Waals surface area contributed by atoms with E-state index in [9.17, 15) is 4.79 Å². The molecule has 0 aliphatic rings. The van der Waals surface area contributed by atoms with Crippen LogP contribution in [0.25, 0.3) is 0 Å². The zero-order valence-corrected chi connectivity index (χ0v) is 12.7. The number of nitrogens with zero attached hydrogens (tertiary/aromatic N) is 1. The number of hydrogen-bond donors (Lipinski definition) is 2. The highest BCUT2D eigenvalue weighted by Crippen LogP contribution is 2.25. The SMILES string of the molecule is COc1ccccc1OCCc1nc(CCCN)cc(=O)[nH]1. The molecule has 0 bridgehead atoms. The molecule has 0 radical (unpaired) electrons. The Morgan fingerprint density at radius 3 is 2.73 bits per heavy atom. The summed E-state index contributed by atoms with van der Waals surface area (Å²) in [5.74, 6) is 1.97. The van der Waals surface area contributed by atoms with Crippen molar-refractivity contribution in [3.63, 3.8) is 0 Å². The third-order valence-corrected chi connectivity index (χ3v) is 3.15. The molecule has 0 aliphatic heterocycles. The molecule has 0 fully saturated rings. The van der Waals surface area contributed by atoms with Crippen molar-refractivity contribution in [1.82, 2.24) is 9.97 Å². The Bertz CT molecular complexity index is 655. The van der Waals surface area contributed by atoms with Crippen LogP contribution in [0.4, 0.5) is 0 Å². The van der Waals surface area contributed by atoms with E-state index in [1.807, 2.05) is 24.3 Å². The quantitative estimate of drug-likeness (QED) is 0.767. The van der Waals surface area contributed by atoms with Crippen molar-refractivity contribution < 1.29 is 9.47 Å². The van der Waals surface area contributed by atoms with Gasteiger partial charge in [-0.15, -0.1) is 0 Å². The maximum absolute atomic E-state index is 11.6. The van der Waals surface area contributed by atoms with Crippen LogP contribution in [-0.4, -0.2) is 30.2 Å². The van der Waals surface area contributed by atoms with E-state index in [0.29, 0.717) is 43.3 Å². The Kier molecular flexibility index (Phi) is 5.97. The topological polar surface area (TPSA) is 90.2 Å². The molecule has 0 atom stereocenters. The van der Waals surface area contributed by atoms with E-state index in [-0.39, 0.29) is 5.56 Å². The zero-order valence-electron chi connectivity index (χ0n) is 12.7. The number of ether oxygens (including phenoxy) is 2. The van der Waals surface area contributed by atoms with E-state index in [2.05, 4.69) is 9.97 Å². The van der Waals surface area contributed by atoms with Gasteiger partial charge in [-0.2, -0.15) is 0 Å². The van der Waals surface area contributed by atoms with Gasteiger partial charge in [0.2, 0.25) is 0 Å². The van der Waals surface area contributed by atoms with Crippen molar-refractivity contribution >= 4 is 0 Å². The van der Waals surface area contributed by atoms with Crippen LogP contribution in [0.2, 0.25) is 0 Å². The van der Waals surface area contributed by atoms with Crippen molar-refractivity contribution in [2.24, 2.45) is 5.73 Å². The molecule has 0 spiro atoms. The van der Waals surface area contributed by atoms with Gasteiger partial charge in [0, 0.05) is 18.2 Å². The molecule has 2 rings (SSSR count). The normalized spacial score (nSPS) is 10.5. The van der Waals surface area contributed by atoms with Crippen LogP contribution in [0.3, 0.4) is 0 Å². The Morgan fingerprint density at radius 1 is 1.23 bits per heavy atom. The lowest BCUT2D eigenvalue weighted by atomic mass is 10.2. The number of hydrogen-bond acceptors (Lipinski definition) is 5. The molecule has 1 aromatic heterocycles. The maximum atomic E-state index is 11.6. The van der Waals surface area contributed by atoms with Gasteiger partial charge < -0.3 is 20.2 Å². The second-order valence-electron chi connectivity index (χ2n) is 4.82. The monoisotopic (exact) mass is 303 g/mol. The van der Waals surface area contributed by atoms with Crippen LogP contribution in [0.1, 0.15) is 17.9 Å². The summed E-state index contributed by atoms with van der Waals surface area (Å²) in [7, 11) is 1.60. The standard InChI is InChI=1S/C16H21N3O3/c1-21-13-6-2-3-7-14(13)22-10-8-15-18-12(5-4-9-17)11-16(20)19-15/h2-3,6-7,11H,4-5,8-10,17H2,1H3,(H,18,19,20). The number of para-hydroxylation sites is 2. The zero-order chi connectivity index (χ0) is 15.8. The van der Waals surface area contributed by atoms with Gasteiger partial charge in [-0.05, 0) is 31.5 Å². The van der Waals surface area contributed by atoms with Gasteiger partial charge in [0.05, 0.1) is 13.7 Å². The number of H-pyrrole nitrogens is 1. The summed E-state index contributed by atoms with van der Waals surface area (Å²) >= 11 is 0. The van der Waals surface area contributed by atoms with E-state index in [1.165, 1.54) is 6.07 Å². The lowest BCUT2D eigenvalue weighted by molar-refractivity contribution is 0.295. The Balaban J connectivity index is 1.96. The lowest BCUT2D eigenvalue weighted by Crippen LogP contribution is -2.16. The van der Waals surface area contributed by atoms with Crippen LogP contribution in [0.5, 0.6) is 11.5 Å². The number of aryl methyl sites for hydroxylation is 1. The van der Waals surface area contributed by atoms with Crippen molar-refractivity contribution in [1.29, 1.82) is 0 Å². The third-order valence-electron chi connectivity index (χ3n) is 3.15. The number of aromatic amines is 1. The molecule has 0 aliphatic carbocycles. The lowest BCUT2D eigenvalue weighted by Gasteiger charge is -2.10. The second kappa shape index (κ2) is 8.19. The molecule has 0 unspecified atom stereocenters. The summed E-state index contributed by atoms with van der Waals surface area (Å²) in [5, 5.41) is 0. The van der Waals surface area contributed by atoms with Crippen molar-refractivity contribution in [3.8, 4) is 11.5 Å². The summed E-state index contributed by atoms with van der Waals surface area (Å²) in [6, 6.07) is 8.95. The van der Waals surface area contributed by atoms with Gasteiger partial charge in [-0.1, -0.05) is 12.1 Å². The fraction of sp³-hybridized carbons (Fsp3) is 0.375. The molecular formula is C16H21N3O3. The average molecular weight is 303 g/mol. The van der Waals surface area contributed by atoms with E-state index >= 15 is 0 Å². The number of aromatic nitrogens is 2. The fourth-order valence-electron chi connectivity index (χ4n) is 2.09. The maximum Gasteiger partial charge on any atom is 0.251 e. The molecule has 118 valence electrons. The predicted molar refractivity (Wildman–Crippen MR) is 84.4 cm³/mol. The van der Waals surface area contributed by atoms with Crippen LogP contribution < -0.4 is 20.8 Å². The molecule has 0 saturated heterocycles. The van der Waals surface area contributed by atoms with E-state index in [4.69, 9.17) is 15.2 Å². The molecule has 6 heteroatoms. The first kappa shape index (κ1) is 16.0. The smallest absolute Gasteiger partial charge is 0.251 e. The van der Waals surface area contributed by atoms with E-state index < -0.39 is 0 Å². The molecule has 6 nitrogen and oxygen atoms in total. The van der Waals surface area contributed by atoms with Crippen molar-refractivity contribution in [3.05, 3.63) is 52.2 Å². The minimum atomic E-state index is -0.144. The highest BCUT2D eigenvalue weighted by molar-refractivity contribution is 5.39. The third kappa shape index (κ3) is 4.60. The van der Waals surface area contributed by atoms with Gasteiger partial charge in [-0.25, -0.2) is 4.98 Å². The number of methoxy groups -OCH3 is 1. The van der Waals surface area contributed by atoms with Crippen molar-refractivity contribution in [2.75, 3.05) is 20.3 Å². The molecule has 3 N–H and O–H groups in total. The number of rotatable bonds is 8. The molecule has 0 saturated carbocycles. The molecule has 22 heavy (non-hydrogen) atoms. The van der Waals surface area contributed by atoms with Gasteiger partial charge in [-0.3, -0.25) is 4.79 Å². The Hall–Kier alpha value is -2.34. The average Bonchev–Trinajstić information content (AvgIpc) is 2.53. The Morgan fingerprint density at radius 2 is 2.00 bits per heavy atom. The van der Waals surface area contributed by atoms with Crippen LogP contribution in [0, 0.1) is 0 Å². The minimum absolute atomic E-state index is 0.144. The first-order chi connectivity index (χ1) is 10.7. The summed E-state index contributed by atoms with van der Waals surface area (Å²) < 4.78 is 10.9. The fourth-order valence-corrected chi connectivity index (χ4v) is 2.09. The summed E-state index contributed by atoms with van der Waals surface area (Å²) in [5.41, 5.74) is 6.10. The molecule has 1 aromatic carbocycles. The molecular weight excluding hydrogens is 282 g/mol. The molecule has 2 aromatic rings. The first-order valence-electron chi connectivity index (χ1n) is 7.28. The summed E-state index contributed by atoms with van der Waals surface area (Å²) in [6.07, 6.45) is 2.04. The van der Waals surface area contributed by atoms with E-state index in [1.54, 1.807) is 7.11 Å². The second-order valence-corrected chi connectivity index (χ2v) is 4.82. The number of benzene rings is 1. The van der Waals surface area contributed by atoms with Crippen LogP contribution >= 0.6 is 0 Å². The van der Waals surface area contributed by atoms with Gasteiger partial charge in [0.1, 0.15) is 5.82 Å². The van der Waals surface area contributed by atoms with Gasteiger partial charge >= 0.3 is 0 Å². The molecule has 1 heterocycles. The van der Waals surface area contributed by atoms with E-state index in [0.717, 1.165) is 12.1 Å². The number of nitrogens with two attached hydrogens (primary N) is 1. The first-order valence-corrected chi connectivity index (χ1v) is 7.28. The van der Waals surface area contributed by atoms with Crippen LogP contribution in [0.15, 0.2) is 35.1 Å². The summed E-state index contributed by atoms with van der Waals surface area (Å²) in [6.45, 7) is 0.990. The van der Waals surface area contributed by atoms with Crippen LogP contribution in [-0.2, 0) is 12.8 Å². The highest BCUT2D eigenvalue weighted by atomic mass is 16.5. The largest absolute Gasteiger partial charge is 0.493 e. The highest BCUT2D eigenvalue weighted by Gasteiger charge is 2.05. The summed E-state index contributed by atoms with van der Waals surface area (Å²) in [4.78, 5) is 18.8.